The van der Waals surface area contributed by atoms with Gasteiger partial charge >= 0.3 is 0 Å². The minimum Gasteiger partial charge on any atom is -0.339 e. The molecular formula is C14H16Cl5N3OS. The third kappa shape index (κ3) is 6.98. The van der Waals surface area contributed by atoms with Crippen LogP contribution < -0.4 is 16.0 Å². The van der Waals surface area contributed by atoms with Gasteiger partial charge in [0, 0.05) is 10.4 Å². The zero-order valence-electron chi connectivity index (χ0n) is 13.0. The molecule has 1 aromatic carbocycles. The first-order valence-corrected chi connectivity index (χ1v) is 9.01. The van der Waals surface area contributed by atoms with Gasteiger partial charge in [0.15, 0.2) is 5.11 Å². The SMILES string of the molecule is CC(C)(C)C(=O)N[C@H](NC(=S)Nc1ccc(Cl)cc1Cl)C(Cl)(Cl)Cl. The number of alkyl halides is 3. The molecular weight excluding hydrogens is 436 g/mol. The number of carbonyl (C=O) groups is 1. The van der Waals surface area contributed by atoms with Crippen molar-refractivity contribution in [3.8, 4) is 0 Å². The van der Waals surface area contributed by atoms with Crippen LogP contribution in [0.2, 0.25) is 10.0 Å². The van der Waals surface area contributed by atoms with Crippen LogP contribution in [-0.4, -0.2) is 21.0 Å². The molecule has 10 heteroatoms. The molecule has 1 aromatic rings. The topological polar surface area (TPSA) is 53.2 Å². The number of carbonyl (C=O) groups excluding carboxylic acids is 1. The van der Waals surface area contributed by atoms with Gasteiger partial charge in [-0.05, 0) is 30.4 Å². The van der Waals surface area contributed by atoms with E-state index in [0.717, 1.165) is 0 Å². The standard InChI is InChI=1S/C14H16Cl5N3OS/c1-13(2,3)11(23)21-10(14(17,18)19)22-12(24)20-9-5-4-7(15)6-8(9)16/h4-6,10H,1-3H3,(H,21,23)(H2,20,22,24)/t10-/m1/s1. The number of hydrogen-bond acceptors (Lipinski definition) is 2. The molecule has 0 saturated heterocycles. The number of halogens is 5. The number of benzene rings is 1. The van der Waals surface area contributed by atoms with Gasteiger partial charge in [0.2, 0.25) is 9.70 Å². The van der Waals surface area contributed by atoms with Crippen molar-refractivity contribution in [1.29, 1.82) is 0 Å². The van der Waals surface area contributed by atoms with Gasteiger partial charge in [-0.3, -0.25) is 4.79 Å². The van der Waals surface area contributed by atoms with Crippen molar-refractivity contribution in [2.24, 2.45) is 5.41 Å². The number of rotatable bonds is 3. The van der Waals surface area contributed by atoms with E-state index in [9.17, 15) is 4.79 Å². The van der Waals surface area contributed by atoms with Crippen molar-refractivity contribution >= 4 is 86.9 Å². The Labute approximate surface area is 171 Å². The molecule has 1 rings (SSSR count). The summed E-state index contributed by atoms with van der Waals surface area (Å²) in [7, 11) is 0. The number of hydrogen-bond donors (Lipinski definition) is 3. The lowest BCUT2D eigenvalue weighted by Gasteiger charge is -2.30. The lowest BCUT2D eigenvalue weighted by molar-refractivity contribution is -0.129. The monoisotopic (exact) mass is 449 g/mol. The van der Waals surface area contributed by atoms with Gasteiger partial charge in [-0.25, -0.2) is 0 Å². The normalized spacial score (nSPS) is 13.2. The molecule has 0 aliphatic carbocycles. The van der Waals surface area contributed by atoms with E-state index in [1.807, 2.05) is 0 Å². The first-order valence-electron chi connectivity index (χ1n) is 6.71. The Hall–Kier alpha value is -0.170. The number of anilines is 1. The second-order valence-corrected chi connectivity index (χ2v) is 9.54. The zero-order chi connectivity index (χ0) is 18.7. The highest BCUT2D eigenvalue weighted by Crippen LogP contribution is 2.30. The summed E-state index contributed by atoms with van der Waals surface area (Å²) in [6, 6.07) is 4.85. The lowest BCUT2D eigenvalue weighted by atomic mass is 9.95. The molecule has 24 heavy (non-hydrogen) atoms. The highest BCUT2D eigenvalue weighted by atomic mass is 35.6. The van der Waals surface area contributed by atoms with Gasteiger partial charge in [-0.2, -0.15) is 0 Å². The maximum absolute atomic E-state index is 12.1. The molecule has 3 N–H and O–H groups in total. The van der Waals surface area contributed by atoms with Gasteiger partial charge in [0.1, 0.15) is 6.17 Å². The average Bonchev–Trinajstić information content (AvgIpc) is 2.39. The highest BCUT2D eigenvalue weighted by molar-refractivity contribution is 7.80. The lowest BCUT2D eigenvalue weighted by Crippen LogP contribution is -2.58. The van der Waals surface area contributed by atoms with E-state index in [1.165, 1.54) is 0 Å². The number of thiocarbonyl (C=S) groups is 1. The van der Waals surface area contributed by atoms with E-state index in [-0.39, 0.29) is 11.0 Å². The van der Waals surface area contributed by atoms with Crippen molar-refractivity contribution in [1.82, 2.24) is 10.6 Å². The molecule has 0 aliphatic rings. The van der Waals surface area contributed by atoms with Gasteiger partial charge in [-0.1, -0.05) is 78.8 Å². The summed E-state index contributed by atoms with van der Waals surface area (Å²) in [5.41, 5.74) is -0.145. The van der Waals surface area contributed by atoms with Crippen LogP contribution in [0.25, 0.3) is 0 Å². The quantitative estimate of drug-likeness (QED) is 0.338. The molecule has 4 nitrogen and oxygen atoms in total. The molecule has 0 bridgehead atoms. The van der Waals surface area contributed by atoms with Crippen LogP contribution in [0, 0.1) is 5.41 Å². The first kappa shape index (κ1) is 21.9. The van der Waals surface area contributed by atoms with E-state index in [2.05, 4.69) is 16.0 Å². The van der Waals surface area contributed by atoms with Crippen LogP contribution in [0.1, 0.15) is 20.8 Å². The number of amides is 1. The van der Waals surface area contributed by atoms with Gasteiger partial charge in [-0.15, -0.1) is 0 Å². The van der Waals surface area contributed by atoms with Crippen molar-refractivity contribution in [3.05, 3.63) is 28.2 Å². The summed E-state index contributed by atoms with van der Waals surface area (Å²) in [6.45, 7) is 5.21. The Kier molecular flexibility index (Phi) is 7.72. The molecule has 0 spiro atoms. The fourth-order valence-electron chi connectivity index (χ4n) is 1.43. The average molecular weight is 452 g/mol. The highest BCUT2D eigenvalue weighted by Gasteiger charge is 2.36. The predicted octanol–water partition coefficient (Wildman–Crippen LogP) is 5.14. The van der Waals surface area contributed by atoms with E-state index >= 15 is 0 Å². The summed E-state index contributed by atoms with van der Waals surface area (Å²) < 4.78 is -1.82. The Morgan fingerprint density at radius 2 is 1.71 bits per heavy atom. The summed E-state index contributed by atoms with van der Waals surface area (Å²) in [4.78, 5) is 12.1. The first-order chi connectivity index (χ1) is 10.8. The smallest absolute Gasteiger partial charge is 0.228 e. The minimum atomic E-state index is -1.82. The Balaban J connectivity index is 2.83. The summed E-state index contributed by atoms with van der Waals surface area (Å²) >= 11 is 34.8. The predicted molar refractivity (Wildman–Crippen MR) is 107 cm³/mol. The fourth-order valence-corrected chi connectivity index (χ4v) is 2.44. The Bertz CT molecular complexity index is 628. The van der Waals surface area contributed by atoms with Crippen LogP contribution >= 0.6 is 70.2 Å². The van der Waals surface area contributed by atoms with E-state index in [0.29, 0.717) is 15.7 Å². The molecule has 1 amide bonds. The van der Waals surface area contributed by atoms with Gasteiger partial charge in [0.05, 0.1) is 10.7 Å². The van der Waals surface area contributed by atoms with Crippen molar-refractivity contribution < 1.29 is 4.79 Å². The number of nitrogens with one attached hydrogen (secondary N) is 3. The molecule has 0 heterocycles. The molecule has 134 valence electrons. The third-order valence-electron chi connectivity index (χ3n) is 2.74. The van der Waals surface area contributed by atoms with Gasteiger partial charge < -0.3 is 16.0 Å². The summed E-state index contributed by atoms with van der Waals surface area (Å²) in [5, 5.41) is 9.19. The molecule has 0 saturated carbocycles. The largest absolute Gasteiger partial charge is 0.339 e. The molecule has 0 fully saturated rings. The zero-order valence-corrected chi connectivity index (χ0v) is 17.6. The molecule has 0 aliphatic heterocycles. The molecule has 0 unspecified atom stereocenters. The van der Waals surface area contributed by atoms with E-state index < -0.39 is 15.4 Å². The van der Waals surface area contributed by atoms with Gasteiger partial charge in [0.25, 0.3) is 0 Å². The summed E-state index contributed by atoms with van der Waals surface area (Å²) in [6.07, 6.45) is -1.04. The second-order valence-electron chi connectivity index (χ2n) is 5.92. The van der Waals surface area contributed by atoms with Crippen LogP contribution in [0.3, 0.4) is 0 Å². The minimum absolute atomic E-state index is 0.116. The van der Waals surface area contributed by atoms with Crippen LogP contribution in [0.15, 0.2) is 18.2 Å². The fraction of sp³-hybridized carbons (Fsp3) is 0.429. The van der Waals surface area contributed by atoms with Crippen molar-refractivity contribution in [2.75, 3.05) is 5.32 Å². The molecule has 0 radical (unpaired) electrons. The van der Waals surface area contributed by atoms with Crippen LogP contribution in [-0.2, 0) is 4.79 Å². The van der Waals surface area contributed by atoms with Crippen molar-refractivity contribution in [2.45, 2.75) is 30.7 Å². The Morgan fingerprint density at radius 1 is 1.12 bits per heavy atom. The summed E-state index contributed by atoms with van der Waals surface area (Å²) in [5.74, 6) is -0.307. The third-order valence-corrected chi connectivity index (χ3v) is 4.16. The second kappa shape index (κ2) is 8.47. The maximum atomic E-state index is 12.1. The molecule has 1 atom stereocenters. The molecule has 0 aromatic heterocycles. The van der Waals surface area contributed by atoms with Crippen LogP contribution in [0.4, 0.5) is 5.69 Å². The maximum Gasteiger partial charge on any atom is 0.228 e. The van der Waals surface area contributed by atoms with E-state index in [4.69, 9.17) is 70.2 Å². The Morgan fingerprint density at radius 3 is 2.17 bits per heavy atom. The van der Waals surface area contributed by atoms with E-state index in [1.54, 1.807) is 39.0 Å². The van der Waals surface area contributed by atoms with Crippen LogP contribution in [0.5, 0.6) is 0 Å². The van der Waals surface area contributed by atoms with Crippen molar-refractivity contribution in [3.63, 3.8) is 0 Å².